The van der Waals surface area contributed by atoms with E-state index in [-0.39, 0.29) is 16.6 Å². The zero-order valence-corrected chi connectivity index (χ0v) is 19.1. The highest BCUT2D eigenvalue weighted by atomic mass is 32.2. The highest BCUT2D eigenvalue weighted by Crippen LogP contribution is 2.32. The maximum atomic E-state index is 12.3. The van der Waals surface area contributed by atoms with E-state index < -0.39 is 0 Å². The lowest BCUT2D eigenvalue weighted by Gasteiger charge is -2.19. The third kappa shape index (κ3) is 4.93. The van der Waals surface area contributed by atoms with Gasteiger partial charge < -0.3 is 4.74 Å². The van der Waals surface area contributed by atoms with E-state index in [1.807, 2.05) is 48.7 Å². The Morgan fingerprint density at radius 1 is 1.03 bits per heavy atom. The third-order valence-corrected chi connectivity index (χ3v) is 6.11. The van der Waals surface area contributed by atoms with E-state index in [0.717, 1.165) is 17.1 Å². The minimum Gasteiger partial charge on any atom is -0.465 e. The van der Waals surface area contributed by atoms with Gasteiger partial charge in [-0.25, -0.2) is 0 Å². The van der Waals surface area contributed by atoms with Gasteiger partial charge in [-0.05, 0) is 36.5 Å². The average Bonchev–Trinajstić information content (AvgIpc) is 3.15. The fourth-order valence-electron chi connectivity index (χ4n) is 3.12. The minimum absolute atomic E-state index is 0.0840. The van der Waals surface area contributed by atoms with Crippen molar-refractivity contribution in [3.8, 4) is 17.1 Å². The van der Waals surface area contributed by atoms with Crippen molar-refractivity contribution in [3.63, 3.8) is 0 Å². The summed E-state index contributed by atoms with van der Waals surface area (Å²) in [6, 6.07) is 18.4. The number of nitrogens with zero attached hydrogens (tertiary/aromatic N) is 3. The van der Waals surface area contributed by atoms with Crippen LogP contribution in [0.3, 0.4) is 0 Å². The molecular weight excluding hydrogens is 394 g/mol. The van der Waals surface area contributed by atoms with Gasteiger partial charge in [0.05, 0.1) is 6.61 Å². The monoisotopic (exact) mass is 423 g/mol. The summed E-state index contributed by atoms with van der Waals surface area (Å²) in [5.74, 6) is 0.534. The summed E-state index contributed by atoms with van der Waals surface area (Å²) in [7, 11) is 0. The van der Waals surface area contributed by atoms with Crippen molar-refractivity contribution in [1.29, 1.82) is 0 Å². The molecule has 0 fully saturated rings. The Morgan fingerprint density at radius 3 is 2.27 bits per heavy atom. The molecular formula is C24H29N3O2S. The van der Waals surface area contributed by atoms with Crippen LogP contribution in [0.4, 0.5) is 0 Å². The van der Waals surface area contributed by atoms with Gasteiger partial charge in [0, 0.05) is 11.3 Å². The van der Waals surface area contributed by atoms with Crippen LogP contribution >= 0.6 is 11.8 Å². The maximum absolute atomic E-state index is 12.3. The number of hydrogen-bond acceptors (Lipinski definition) is 5. The summed E-state index contributed by atoms with van der Waals surface area (Å²) in [4.78, 5) is 12.3. The first-order chi connectivity index (χ1) is 14.3. The van der Waals surface area contributed by atoms with E-state index in [2.05, 4.69) is 55.2 Å². The van der Waals surface area contributed by atoms with Gasteiger partial charge in [0.1, 0.15) is 5.25 Å². The van der Waals surface area contributed by atoms with Gasteiger partial charge in [0.25, 0.3) is 0 Å². The Hall–Kier alpha value is -2.60. The number of thioether (sulfide) groups is 1. The molecule has 2 aromatic carbocycles. The van der Waals surface area contributed by atoms with E-state index in [1.54, 1.807) is 0 Å². The number of aromatic nitrogens is 3. The van der Waals surface area contributed by atoms with Gasteiger partial charge in [-0.2, -0.15) is 0 Å². The molecule has 0 spiro atoms. The molecule has 0 aliphatic heterocycles. The van der Waals surface area contributed by atoms with Gasteiger partial charge in [-0.15, -0.1) is 10.2 Å². The SMILES string of the molecule is CCOC(=O)C(CC)Sc1nnc(-c2ccc(C(C)(C)C)cc2)n1-c1ccccc1. The Labute approximate surface area is 182 Å². The van der Waals surface area contributed by atoms with Crippen LogP contribution in [0.2, 0.25) is 0 Å². The third-order valence-electron chi connectivity index (χ3n) is 4.82. The lowest BCUT2D eigenvalue weighted by molar-refractivity contribution is -0.142. The number of esters is 1. The summed E-state index contributed by atoms with van der Waals surface area (Å²) in [6.07, 6.45) is 0.654. The lowest BCUT2D eigenvalue weighted by Crippen LogP contribution is -2.20. The van der Waals surface area contributed by atoms with E-state index in [9.17, 15) is 4.79 Å². The standard InChI is InChI=1S/C24H29N3O2S/c1-6-20(22(28)29-7-2)30-23-26-25-21(27(23)19-11-9-8-10-12-19)17-13-15-18(16-14-17)24(3,4)5/h8-16,20H,6-7H2,1-5H3. The molecule has 0 saturated heterocycles. The summed E-state index contributed by atoms with van der Waals surface area (Å²) in [5.41, 5.74) is 3.29. The number of ether oxygens (including phenoxy) is 1. The summed E-state index contributed by atoms with van der Waals surface area (Å²) in [6.45, 7) is 10.8. The van der Waals surface area contributed by atoms with Crippen molar-refractivity contribution < 1.29 is 9.53 Å². The normalized spacial score (nSPS) is 12.6. The topological polar surface area (TPSA) is 57.0 Å². The molecule has 5 nitrogen and oxygen atoms in total. The molecule has 0 radical (unpaired) electrons. The fraction of sp³-hybridized carbons (Fsp3) is 0.375. The largest absolute Gasteiger partial charge is 0.465 e. The van der Waals surface area contributed by atoms with Gasteiger partial charge in [-0.1, -0.05) is 81.9 Å². The van der Waals surface area contributed by atoms with Gasteiger partial charge in [0.2, 0.25) is 0 Å². The van der Waals surface area contributed by atoms with E-state index >= 15 is 0 Å². The molecule has 3 rings (SSSR count). The van der Waals surface area contributed by atoms with Crippen molar-refractivity contribution >= 4 is 17.7 Å². The van der Waals surface area contributed by atoms with Crippen LogP contribution in [0.5, 0.6) is 0 Å². The van der Waals surface area contributed by atoms with Gasteiger partial charge in [0.15, 0.2) is 11.0 Å². The lowest BCUT2D eigenvalue weighted by atomic mass is 9.87. The van der Waals surface area contributed by atoms with Crippen LogP contribution in [0.1, 0.15) is 46.6 Å². The second kappa shape index (κ2) is 9.47. The zero-order valence-electron chi connectivity index (χ0n) is 18.3. The van der Waals surface area contributed by atoms with Crippen molar-refractivity contribution in [2.75, 3.05) is 6.61 Å². The number of carbonyl (C=O) groups is 1. The molecule has 6 heteroatoms. The van der Waals surface area contributed by atoms with E-state index in [4.69, 9.17) is 4.74 Å². The van der Waals surface area contributed by atoms with Crippen LogP contribution in [-0.2, 0) is 14.9 Å². The quantitative estimate of drug-likeness (QED) is 0.362. The molecule has 0 N–H and O–H groups in total. The minimum atomic E-state index is -0.326. The van der Waals surface area contributed by atoms with Crippen molar-refractivity contribution in [2.45, 2.75) is 56.9 Å². The van der Waals surface area contributed by atoms with Crippen molar-refractivity contribution in [3.05, 3.63) is 60.2 Å². The summed E-state index contributed by atoms with van der Waals surface area (Å²) >= 11 is 1.40. The Bertz CT molecular complexity index is 976. The molecule has 1 unspecified atom stereocenters. The molecule has 1 atom stereocenters. The molecule has 0 aliphatic carbocycles. The molecule has 3 aromatic rings. The predicted octanol–water partition coefficient (Wildman–Crippen LogP) is 5.67. The van der Waals surface area contributed by atoms with Crippen LogP contribution in [0, 0.1) is 0 Å². The summed E-state index contributed by atoms with van der Waals surface area (Å²) in [5, 5.41) is 9.28. The predicted molar refractivity (Wildman–Crippen MR) is 122 cm³/mol. The molecule has 1 aromatic heterocycles. The van der Waals surface area contributed by atoms with Gasteiger partial charge in [-0.3, -0.25) is 9.36 Å². The van der Waals surface area contributed by atoms with Gasteiger partial charge >= 0.3 is 5.97 Å². The fourth-order valence-corrected chi connectivity index (χ4v) is 4.09. The van der Waals surface area contributed by atoms with E-state index in [1.165, 1.54) is 17.3 Å². The first-order valence-corrected chi connectivity index (χ1v) is 11.2. The molecule has 0 amide bonds. The summed E-state index contributed by atoms with van der Waals surface area (Å²) < 4.78 is 7.24. The molecule has 1 heterocycles. The number of benzene rings is 2. The molecule has 0 bridgehead atoms. The zero-order chi connectivity index (χ0) is 21.7. The average molecular weight is 424 g/mol. The first kappa shape index (κ1) is 22.1. The highest BCUT2D eigenvalue weighted by molar-refractivity contribution is 8.00. The molecule has 0 saturated carbocycles. The van der Waals surface area contributed by atoms with Crippen LogP contribution < -0.4 is 0 Å². The molecule has 0 aliphatic rings. The Morgan fingerprint density at radius 2 is 1.70 bits per heavy atom. The maximum Gasteiger partial charge on any atom is 0.319 e. The number of carbonyl (C=O) groups excluding carboxylic acids is 1. The van der Waals surface area contributed by atoms with E-state index in [0.29, 0.717) is 18.2 Å². The number of hydrogen-bond donors (Lipinski definition) is 0. The van der Waals surface area contributed by atoms with Crippen LogP contribution in [0.15, 0.2) is 59.8 Å². The first-order valence-electron chi connectivity index (χ1n) is 10.3. The second-order valence-corrected chi connectivity index (χ2v) is 9.24. The molecule has 30 heavy (non-hydrogen) atoms. The Kier molecular flexibility index (Phi) is 6.98. The van der Waals surface area contributed by atoms with Crippen LogP contribution in [-0.4, -0.2) is 32.6 Å². The highest BCUT2D eigenvalue weighted by Gasteiger charge is 2.25. The van der Waals surface area contributed by atoms with Crippen molar-refractivity contribution in [2.24, 2.45) is 0 Å². The molecule has 158 valence electrons. The second-order valence-electron chi connectivity index (χ2n) is 8.07. The van der Waals surface area contributed by atoms with Crippen LogP contribution in [0.25, 0.3) is 17.1 Å². The smallest absolute Gasteiger partial charge is 0.319 e. The number of rotatable bonds is 7. The number of para-hydroxylation sites is 1. The van der Waals surface area contributed by atoms with Crippen molar-refractivity contribution in [1.82, 2.24) is 14.8 Å². The Balaban J connectivity index is 2.04.